The van der Waals surface area contributed by atoms with E-state index in [9.17, 15) is 9.59 Å². The van der Waals surface area contributed by atoms with Crippen LogP contribution < -0.4 is 5.32 Å². The Labute approximate surface area is 125 Å². The summed E-state index contributed by atoms with van der Waals surface area (Å²) in [5.74, 6) is -0.669. The number of nitrogens with zero attached hydrogens (tertiary/aromatic N) is 2. The molecule has 1 unspecified atom stereocenters. The Morgan fingerprint density at radius 1 is 1.33 bits per heavy atom. The van der Waals surface area contributed by atoms with Crippen molar-refractivity contribution in [2.24, 2.45) is 18.9 Å². The van der Waals surface area contributed by atoms with E-state index in [2.05, 4.69) is 10.4 Å². The first kappa shape index (κ1) is 17.2. The van der Waals surface area contributed by atoms with Crippen LogP contribution in [0.25, 0.3) is 0 Å². The number of aromatic nitrogens is 2. The largest absolute Gasteiger partial charge is 0.481 e. The summed E-state index contributed by atoms with van der Waals surface area (Å²) in [5, 5.41) is 16.0. The second-order valence-electron chi connectivity index (χ2n) is 5.97. The average Bonchev–Trinajstić information content (AvgIpc) is 2.58. The lowest BCUT2D eigenvalue weighted by Crippen LogP contribution is -2.31. The number of carboxylic acid groups (broad SMARTS) is 1. The molecule has 1 rings (SSSR count). The van der Waals surface area contributed by atoms with Gasteiger partial charge in [0.15, 0.2) is 0 Å². The van der Waals surface area contributed by atoms with E-state index in [1.165, 1.54) is 0 Å². The molecule has 1 atom stereocenters. The molecule has 0 radical (unpaired) electrons. The number of hydrogen-bond donors (Lipinski definition) is 2. The van der Waals surface area contributed by atoms with E-state index < -0.39 is 5.97 Å². The van der Waals surface area contributed by atoms with E-state index in [0.717, 1.165) is 12.1 Å². The van der Waals surface area contributed by atoms with Crippen molar-refractivity contribution >= 4 is 11.9 Å². The Morgan fingerprint density at radius 2 is 1.95 bits per heavy atom. The third-order valence-electron chi connectivity index (χ3n) is 3.56. The number of amides is 1. The molecule has 0 saturated heterocycles. The minimum absolute atomic E-state index is 0.0521. The van der Waals surface area contributed by atoms with Gasteiger partial charge in [-0.05, 0) is 32.1 Å². The first-order valence-electron chi connectivity index (χ1n) is 7.22. The van der Waals surface area contributed by atoms with Crippen LogP contribution in [0.1, 0.15) is 48.4 Å². The molecule has 0 fully saturated rings. The molecule has 0 saturated carbocycles. The molecule has 0 spiro atoms. The third-order valence-corrected chi connectivity index (χ3v) is 3.56. The summed E-state index contributed by atoms with van der Waals surface area (Å²) >= 11 is 0. The van der Waals surface area contributed by atoms with Crippen molar-refractivity contribution in [3.63, 3.8) is 0 Å². The summed E-state index contributed by atoms with van der Waals surface area (Å²) in [4.78, 5) is 23.2. The predicted molar refractivity (Wildman–Crippen MR) is 80.2 cm³/mol. The highest BCUT2D eigenvalue weighted by molar-refractivity contribution is 5.96. The molecule has 0 aliphatic rings. The van der Waals surface area contributed by atoms with Crippen LogP contribution in [0.4, 0.5) is 0 Å². The third kappa shape index (κ3) is 4.88. The molecule has 0 aromatic carbocycles. The first-order chi connectivity index (χ1) is 9.72. The van der Waals surface area contributed by atoms with Gasteiger partial charge in [0.2, 0.25) is 0 Å². The highest BCUT2D eigenvalue weighted by atomic mass is 16.4. The number of carbonyl (C=O) groups excluding carboxylic acids is 1. The van der Waals surface area contributed by atoms with E-state index in [1.54, 1.807) is 18.7 Å². The Hall–Kier alpha value is -1.85. The van der Waals surface area contributed by atoms with Crippen LogP contribution in [-0.4, -0.2) is 33.3 Å². The maximum absolute atomic E-state index is 12.3. The summed E-state index contributed by atoms with van der Waals surface area (Å²) in [6, 6.07) is 0. The lowest BCUT2D eigenvalue weighted by atomic mass is 9.94. The molecule has 21 heavy (non-hydrogen) atoms. The van der Waals surface area contributed by atoms with Gasteiger partial charge in [-0.15, -0.1) is 0 Å². The van der Waals surface area contributed by atoms with Gasteiger partial charge in [0.25, 0.3) is 5.91 Å². The maximum atomic E-state index is 12.3. The second-order valence-corrected chi connectivity index (χ2v) is 5.97. The molecule has 0 aliphatic carbocycles. The van der Waals surface area contributed by atoms with Gasteiger partial charge in [0, 0.05) is 25.7 Å². The quantitative estimate of drug-likeness (QED) is 0.804. The van der Waals surface area contributed by atoms with Gasteiger partial charge in [0.1, 0.15) is 0 Å². The van der Waals surface area contributed by atoms with Crippen LogP contribution in [-0.2, 0) is 11.8 Å². The highest BCUT2D eigenvalue weighted by Gasteiger charge is 2.20. The van der Waals surface area contributed by atoms with Crippen molar-refractivity contribution in [2.45, 2.75) is 40.5 Å². The summed E-state index contributed by atoms with van der Waals surface area (Å²) in [5.41, 5.74) is 2.07. The number of aliphatic carboxylic acids is 1. The molecule has 1 amide bonds. The van der Waals surface area contributed by atoms with Crippen molar-refractivity contribution in [2.75, 3.05) is 6.54 Å². The molecular weight excluding hydrogens is 270 g/mol. The van der Waals surface area contributed by atoms with E-state index in [-0.39, 0.29) is 18.2 Å². The summed E-state index contributed by atoms with van der Waals surface area (Å²) < 4.78 is 1.67. The molecular formula is C15H25N3O3. The number of hydrogen-bond acceptors (Lipinski definition) is 3. The summed E-state index contributed by atoms with van der Waals surface area (Å²) in [6.45, 7) is 8.11. The molecule has 1 aromatic heterocycles. The van der Waals surface area contributed by atoms with Gasteiger partial charge >= 0.3 is 5.97 Å². The van der Waals surface area contributed by atoms with Gasteiger partial charge in [-0.25, -0.2) is 0 Å². The Kier molecular flexibility index (Phi) is 5.93. The normalized spacial score (nSPS) is 12.5. The number of rotatable bonds is 7. The van der Waals surface area contributed by atoms with Crippen molar-refractivity contribution < 1.29 is 14.7 Å². The van der Waals surface area contributed by atoms with Crippen molar-refractivity contribution in [1.29, 1.82) is 0 Å². The lowest BCUT2D eigenvalue weighted by Gasteiger charge is -2.17. The van der Waals surface area contributed by atoms with Crippen LogP contribution >= 0.6 is 0 Å². The molecule has 2 N–H and O–H groups in total. The molecule has 6 nitrogen and oxygen atoms in total. The standard InChI is InChI=1S/C15H25N3O3/c1-9(2)6-12(7-13(19)20)8-16-15(21)14-10(3)17-18(5)11(14)4/h9,12H,6-8H2,1-5H3,(H,16,21)(H,19,20). The average molecular weight is 295 g/mol. The fourth-order valence-corrected chi connectivity index (χ4v) is 2.58. The molecule has 1 heterocycles. The Balaban J connectivity index is 2.70. The zero-order valence-corrected chi connectivity index (χ0v) is 13.4. The lowest BCUT2D eigenvalue weighted by molar-refractivity contribution is -0.138. The van der Waals surface area contributed by atoms with Crippen molar-refractivity contribution in [1.82, 2.24) is 15.1 Å². The van der Waals surface area contributed by atoms with Crippen molar-refractivity contribution in [3.8, 4) is 0 Å². The zero-order valence-electron chi connectivity index (χ0n) is 13.4. The molecule has 0 bridgehead atoms. The van der Waals surface area contributed by atoms with E-state index >= 15 is 0 Å². The molecule has 1 aromatic rings. The Morgan fingerprint density at radius 3 is 2.38 bits per heavy atom. The minimum Gasteiger partial charge on any atom is -0.481 e. The van der Waals surface area contributed by atoms with E-state index in [4.69, 9.17) is 5.11 Å². The van der Waals surface area contributed by atoms with Gasteiger partial charge in [-0.2, -0.15) is 5.10 Å². The minimum atomic E-state index is -0.830. The zero-order chi connectivity index (χ0) is 16.2. The van der Waals surface area contributed by atoms with Gasteiger partial charge < -0.3 is 10.4 Å². The van der Waals surface area contributed by atoms with Gasteiger partial charge in [-0.3, -0.25) is 14.3 Å². The Bertz CT molecular complexity index is 520. The molecule has 6 heteroatoms. The monoisotopic (exact) mass is 295 g/mol. The van der Waals surface area contributed by atoms with E-state index in [1.807, 2.05) is 20.8 Å². The number of carboxylic acids is 1. The smallest absolute Gasteiger partial charge is 0.303 e. The van der Waals surface area contributed by atoms with E-state index in [0.29, 0.717) is 23.7 Å². The van der Waals surface area contributed by atoms with Gasteiger partial charge in [0.05, 0.1) is 11.3 Å². The fraction of sp³-hybridized carbons (Fsp3) is 0.667. The van der Waals surface area contributed by atoms with Crippen LogP contribution in [0.5, 0.6) is 0 Å². The highest BCUT2D eigenvalue weighted by Crippen LogP contribution is 2.16. The van der Waals surface area contributed by atoms with Gasteiger partial charge in [-0.1, -0.05) is 13.8 Å². The van der Waals surface area contributed by atoms with Crippen LogP contribution in [0, 0.1) is 25.7 Å². The summed E-state index contributed by atoms with van der Waals surface area (Å²) in [6.07, 6.45) is 0.848. The fourth-order valence-electron chi connectivity index (χ4n) is 2.58. The number of aryl methyl sites for hydroxylation is 2. The van der Waals surface area contributed by atoms with Crippen LogP contribution in [0.15, 0.2) is 0 Å². The summed E-state index contributed by atoms with van der Waals surface area (Å²) in [7, 11) is 1.80. The number of carbonyl (C=O) groups is 2. The van der Waals surface area contributed by atoms with Crippen molar-refractivity contribution in [3.05, 3.63) is 17.0 Å². The first-order valence-corrected chi connectivity index (χ1v) is 7.22. The van der Waals surface area contributed by atoms with Crippen LogP contribution in [0.3, 0.4) is 0 Å². The second kappa shape index (κ2) is 7.24. The van der Waals surface area contributed by atoms with Crippen LogP contribution in [0.2, 0.25) is 0 Å². The SMILES string of the molecule is Cc1nn(C)c(C)c1C(=O)NCC(CC(=O)O)CC(C)C. The molecule has 118 valence electrons. The predicted octanol–water partition coefficient (Wildman–Crippen LogP) is 1.90. The topological polar surface area (TPSA) is 84.2 Å². The molecule has 0 aliphatic heterocycles. The maximum Gasteiger partial charge on any atom is 0.303 e. The number of nitrogens with one attached hydrogen (secondary N) is 1.